The fourth-order valence-electron chi connectivity index (χ4n) is 3.92. The third-order valence-electron chi connectivity index (χ3n) is 5.60. The fraction of sp³-hybridized carbons (Fsp3) is 0.185. The molecule has 0 aliphatic carbocycles. The number of carbonyl (C=O) groups is 1. The Morgan fingerprint density at radius 3 is 2.42 bits per heavy atom. The van der Waals surface area contributed by atoms with E-state index in [0.717, 1.165) is 17.9 Å². The normalized spacial score (nSPS) is 15.0. The summed E-state index contributed by atoms with van der Waals surface area (Å²) >= 11 is 0. The van der Waals surface area contributed by atoms with Gasteiger partial charge in [-0.05, 0) is 53.9 Å². The number of carbonyl (C=O) groups excluding carboxylic acids is 1. The number of nitrogens with zero attached hydrogens (tertiary/aromatic N) is 2. The van der Waals surface area contributed by atoms with Crippen LogP contribution in [0.15, 0.2) is 91.1 Å². The predicted octanol–water partition coefficient (Wildman–Crippen LogP) is 4.77. The first-order chi connectivity index (χ1) is 16.2. The number of benzene rings is 3. The van der Waals surface area contributed by atoms with Crippen molar-refractivity contribution in [1.29, 1.82) is 0 Å². The number of rotatable bonds is 7. The van der Waals surface area contributed by atoms with Crippen molar-refractivity contribution < 1.29 is 14.3 Å². The number of para-hydroxylation sites is 1. The van der Waals surface area contributed by atoms with E-state index >= 15 is 0 Å². The van der Waals surface area contributed by atoms with Crippen molar-refractivity contribution in [3.8, 4) is 11.5 Å². The van der Waals surface area contributed by atoms with Crippen LogP contribution in [0.25, 0.3) is 0 Å². The Morgan fingerprint density at radius 1 is 0.970 bits per heavy atom. The van der Waals surface area contributed by atoms with Crippen molar-refractivity contribution in [2.24, 2.45) is 0 Å². The minimum Gasteiger partial charge on any atom is -0.457 e. The molecule has 1 aromatic heterocycles. The Hall–Kier alpha value is -3.90. The van der Waals surface area contributed by atoms with Crippen LogP contribution in [-0.2, 0) is 17.7 Å². The Bertz CT molecular complexity index is 1200. The quantitative estimate of drug-likeness (QED) is 0.451. The maximum absolute atomic E-state index is 12.7. The molecule has 0 saturated heterocycles. The molecule has 33 heavy (non-hydrogen) atoms. The lowest BCUT2D eigenvalue weighted by atomic mass is 10.1. The van der Waals surface area contributed by atoms with E-state index in [1.807, 2.05) is 53.2 Å². The van der Waals surface area contributed by atoms with Crippen LogP contribution in [0, 0.1) is 0 Å². The third-order valence-corrected chi connectivity index (χ3v) is 5.60. The van der Waals surface area contributed by atoms with Crippen LogP contribution in [-0.4, -0.2) is 28.8 Å². The van der Waals surface area contributed by atoms with Gasteiger partial charge in [-0.2, -0.15) is 5.10 Å². The first-order valence-corrected chi connectivity index (χ1v) is 11.1. The number of ether oxygens (including phenoxy) is 2. The molecule has 1 amide bonds. The largest absolute Gasteiger partial charge is 0.457 e. The summed E-state index contributed by atoms with van der Waals surface area (Å²) in [5.74, 6) is 1.29. The number of fused-ring (bicyclic) bond motifs is 1. The van der Waals surface area contributed by atoms with Gasteiger partial charge in [0, 0.05) is 18.3 Å². The minimum atomic E-state index is -0.254. The average Bonchev–Trinajstić information content (AvgIpc) is 3.27. The molecule has 1 N–H and O–H groups in total. The molecule has 0 radical (unpaired) electrons. The van der Waals surface area contributed by atoms with E-state index < -0.39 is 0 Å². The lowest BCUT2D eigenvalue weighted by Crippen LogP contribution is -2.31. The zero-order chi connectivity index (χ0) is 22.5. The second-order valence-electron chi connectivity index (χ2n) is 7.98. The second-order valence-corrected chi connectivity index (χ2v) is 7.98. The summed E-state index contributed by atoms with van der Waals surface area (Å²) in [5.41, 5.74) is 3.85. The molecule has 2 heterocycles. The third kappa shape index (κ3) is 5.13. The molecule has 1 aliphatic heterocycles. The zero-order valence-corrected chi connectivity index (χ0v) is 18.2. The van der Waals surface area contributed by atoms with E-state index in [2.05, 4.69) is 23.6 Å². The smallest absolute Gasteiger partial charge is 0.251 e. The van der Waals surface area contributed by atoms with Crippen LogP contribution in [0.5, 0.6) is 11.5 Å². The van der Waals surface area contributed by atoms with Gasteiger partial charge in [-0.1, -0.05) is 48.5 Å². The summed E-state index contributed by atoms with van der Waals surface area (Å²) in [5, 5.41) is 7.74. The van der Waals surface area contributed by atoms with Gasteiger partial charge >= 0.3 is 0 Å². The van der Waals surface area contributed by atoms with Gasteiger partial charge < -0.3 is 14.8 Å². The predicted molar refractivity (Wildman–Crippen MR) is 125 cm³/mol. The van der Waals surface area contributed by atoms with E-state index in [-0.39, 0.29) is 12.0 Å². The number of nitrogens with one attached hydrogen (secondary N) is 1. The van der Waals surface area contributed by atoms with Crippen molar-refractivity contribution in [3.63, 3.8) is 0 Å². The van der Waals surface area contributed by atoms with E-state index in [9.17, 15) is 4.79 Å². The van der Waals surface area contributed by atoms with Crippen LogP contribution in [0.1, 0.15) is 33.3 Å². The summed E-state index contributed by atoms with van der Waals surface area (Å²) in [6, 6.07) is 26.9. The minimum absolute atomic E-state index is 0.152. The van der Waals surface area contributed by atoms with Gasteiger partial charge in [0.1, 0.15) is 17.6 Å². The van der Waals surface area contributed by atoms with Crippen LogP contribution >= 0.6 is 0 Å². The average molecular weight is 440 g/mol. The van der Waals surface area contributed by atoms with Crippen molar-refractivity contribution in [3.05, 3.63) is 114 Å². The molecular formula is C27H25N3O3. The molecule has 6 heteroatoms. The number of aromatic nitrogens is 2. The first kappa shape index (κ1) is 21.0. The summed E-state index contributed by atoms with van der Waals surface area (Å²) < 4.78 is 13.7. The number of hydrogen-bond acceptors (Lipinski definition) is 4. The highest BCUT2D eigenvalue weighted by atomic mass is 16.5. The number of amides is 1. The van der Waals surface area contributed by atoms with E-state index in [4.69, 9.17) is 14.6 Å². The van der Waals surface area contributed by atoms with Crippen molar-refractivity contribution >= 4 is 5.91 Å². The summed E-state index contributed by atoms with van der Waals surface area (Å²) in [7, 11) is 0. The van der Waals surface area contributed by atoms with Gasteiger partial charge in [-0.25, -0.2) is 0 Å². The molecule has 1 unspecified atom stereocenters. The van der Waals surface area contributed by atoms with Crippen molar-refractivity contribution in [2.45, 2.75) is 19.1 Å². The standard InChI is InChI=1S/C27H25N3O3/c31-27(21-11-13-24(14-12-21)33-23-9-5-2-6-10-23)28-17-25-26-22(15-16-32-25)19-30(29-26)18-20-7-3-1-4-8-20/h1-14,19,25H,15-18H2,(H,28,31). The molecular weight excluding hydrogens is 414 g/mol. The molecule has 1 atom stereocenters. The molecule has 3 aromatic carbocycles. The van der Waals surface area contributed by atoms with Gasteiger partial charge in [0.15, 0.2) is 0 Å². The maximum Gasteiger partial charge on any atom is 0.251 e. The highest BCUT2D eigenvalue weighted by Crippen LogP contribution is 2.26. The second kappa shape index (κ2) is 9.71. The van der Waals surface area contributed by atoms with E-state index in [1.165, 1.54) is 11.1 Å². The molecule has 0 saturated carbocycles. The van der Waals surface area contributed by atoms with Gasteiger partial charge in [-0.15, -0.1) is 0 Å². The molecule has 6 nitrogen and oxygen atoms in total. The Labute approximate surface area is 192 Å². The van der Waals surface area contributed by atoms with Gasteiger partial charge in [0.2, 0.25) is 0 Å². The van der Waals surface area contributed by atoms with Crippen LogP contribution in [0.2, 0.25) is 0 Å². The first-order valence-electron chi connectivity index (χ1n) is 11.1. The van der Waals surface area contributed by atoms with Crippen molar-refractivity contribution in [1.82, 2.24) is 15.1 Å². The molecule has 1 aliphatic rings. The van der Waals surface area contributed by atoms with Crippen LogP contribution in [0.3, 0.4) is 0 Å². The Kier molecular flexibility index (Phi) is 6.17. The van der Waals surface area contributed by atoms with Gasteiger partial charge in [0.25, 0.3) is 5.91 Å². The topological polar surface area (TPSA) is 65.4 Å². The molecule has 166 valence electrons. The van der Waals surface area contributed by atoms with Crippen LogP contribution in [0.4, 0.5) is 0 Å². The van der Waals surface area contributed by atoms with E-state index in [0.29, 0.717) is 31.0 Å². The summed E-state index contributed by atoms with van der Waals surface area (Å²) in [4.78, 5) is 12.7. The lowest BCUT2D eigenvalue weighted by molar-refractivity contribution is 0.0383. The van der Waals surface area contributed by atoms with Gasteiger partial charge in [-0.3, -0.25) is 9.48 Å². The van der Waals surface area contributed by atoms with Gasteiger partial charge in [0.05, 0.1) is 18.8 Å². The van der Waals surface area contributed by atoms with E-state index in [1.54, 1.807) is 24.3 Å². The fourth-order valence-corrected chi connectivity index (χ4v) is 3.92. The highest BCUT2D eigenvalue weighted by molar-refractivity contribution is 5.94. The summed E-state index contributed by atoms with van der Waals surface area (Å²) in [6.45, 7) is 1.71. The Balaban J connectivity index is 1.20. The summed E-state index contributed by atoms with van der Waals surface area (Å²) in [6.07, 6.45) is 2.66. The maximum atomic E-state index is 12.7. The molecule has 5 rings (SSSR count). The molecule has 0 fully saturated rings. The Morgan fingerprint density at radius 2 is 1.67 bits per heavy atom. The monoisotopic (exact) mass is 439 g/mol. The van der Waals surface area contributed by atoms with Crippen LogP contribution < -0.4 is 10.1 Å². The molecule has 0 bridgehead atoms. The van der Waals surface area contributed by atoms with Crippen molar-refractivity contribution in [2.75, 3.05) is 13.2 Å². The molecule has 0 spiro atoms. The highest BCUT2D eigenvalue weighted by Gasteiger charge is 2.25. The molecule has 4 aromatic rings. The lowest BCUT2D eigenvalue weighted by Gasteiger charge is -2.22. The number of hydrogen-bond donors (Lipinski definition) is 1. The zero-order valence-electron chi connectivity index (χ0n) is 18.2. The SMILES string of the molecule is O=C(NCC1OCCc2cn(Cc3ccccc3)nc21)c1ccc(Oc2ccccc2)cc1.